The number of hydrogen-bond acceptors (Lipinski definition) is 3. The van der Waals surface area contributed by atoms with Crippen LogP contribution in [0.5, 0.6) is 0 Å². The van der Waals surface area contributed by atoms with Gasteiger partial charge >= 0.3 is 0 Å². The number of carbonyl (C=O) groups is 1. The van der Waals surface area contributed by atoms with Crippen molar-refractivity contribution >= 4 is 22.9 Å². The SMILES string of the molecule is CNCC(C)C(=O)Nc1cccc(-c2cccs2)c1. The lowest BCUT2D eigenvalue weighted by Crippen LogP contribution is -2.28. The summed E-state index contributed by atoms with van der Waals surface area (Å²) in [5.74, 6) is -0.00641. The summed E-state index contributed by atoms with van der Waals surface area (Å²) in [7, 11) is 1.85. The molecule has 2 N–H and O–H groups in total. The molecule has 3 nitrogen and oxygen atoms in total. The van der Waals surface area contributed by atoms with Crippen LogP contribution in [0.2, 0.25) is 0 Å². The summed E-state index contributed by atoms with van der Waals surface area (Å²) in [6, 6.07) is 12.1. The van der Waals surface area contributed by atoms with E-state index in [-0.39, 0.29) is 11.8 Å². The first-order chi connectivity index (χ1) is 9.20. The van der Waals surface area contributed by atoms with Crippen LogP contribution >= 0.6 is 11.3 Å². The van der Waals surface area contributed by atoms with Gasteiger partial charge in [-0.2, -0.15) is 0 Å². The van der Waals surface area contributed by atoms with Gasteiger partial charge < -0.3 is 10.6 Å². The fraction of sp³-hybridized carbons (Fsp3) is 0.267. The number of amides is 1. The largest absolute Gasteiger partial charge is 0.326 e. The van der Waals surface area contributed by atoms with Gasteiger partial charge in [0.2, 0.25) is 5.91 Å². The van der Waals surface area contributed by atoms with E-state index in [1.807, 2.05) is 38.2 Å². The summed E-state index contributed by atoms with van der Waals surface area (Å²) < 4.78 is 0. The van der Waals surface area contributed by atoms with Gasteiger partial charge in [0.1, 0.15) is 0 Å². The van der Waals surface area contributed by atoms with Crippen LogP contribution in [0.1, 0.15) is 6.92 Å². The first kappa shape index (κ1) is 13.8. The average Bonchev–Trinajstić information content (AvgIpc) is 2.93. The second-order valence-corrected chi connectivity index (χ2v) is 5.45. The molecule has 0 spiro atoms. The summed E-state index contributed by atoms with van der Waals surface area (Å²) in [4.78, 5) is 13.2. The van der Waals surface area contributed by atoms with E-state index in [0.29, 0.717) is 6.54 Å². The van der Waals surface area contributed by atoms with Crippen LogP contribution in [-0.2, 0) is 4.79 Å². The highest BCUT2D eigenvalue weighted by Crippen LogP contribution is 2.26. The molecule has 1 heterocycles. The molecule has 0 aliphatic rings. The van der Waals surface area contributed by atoms with Crippen molar-refractivity contribution in [3.8, 4) is 10.4 Å². The fourth-order valence-corrected chi connectivity index (χ4v) is 2.58. The van der Waals surface area contributed by atoms with E-state index in [1.165, 1.54) is 4.88 Å². The standard InChI is InChI=1S/C15H18N2OS/c1-11(10-16-2)15(18)17-13-6-3-5-12(9-13)14-7-4-8-19-14/h3-9,11,16H,10H2,1-2H3,(H,17,18). The van der Waals surface area contributed by atoms with Gasteiger partial charge in [-0.05, 0) is 36.2 Å². The molecule has 0 aliphatic carbocycles. The Kier molecular flexibility index (Phi) is 4.71. The minimum atomic E-state index is -0.0459. The molecule has 19 heavy (non-hydrogen) atoms. The van der Waals surface area contributed by atoms with E-state index in [4.69, 9.17) is 0 Å². The predicted octanol–water partition coefficient (Wildman–Crippen LogP) is 3.21. The summed E-state index contributed by atoms with van der Waals surface area (Å²) >= 11 is 1.70. The molecule has 1 aromatic heterocycles. The zero-order chi connectivity index (χ0) is 13.7. The fourth-order valence-electron chi connectivity index (χ4n) is 1.86. The highest BCUT2D eigenvalue weighted by Gasteiger charge is 2.12. The Hall–Kier alpha value is -1.65. The first-order valence-electron chi connectivity index (χ1n) is 6.30. The minimum absolute atomic E-state index is 0.0395. The van der Waals surface area contributed by atoms with Gasteiger partial charge in [-0.1, -0.05) is 25.1 Å². The van der Waals surface area contributed by atoms with Gasteiger partial charge in [-0.3, -0.25) is 4.79 Å². The van der Waals surface area contributed by atoms with Crippen molar-refractivity contribution in [1.82, 2.24) is 5.32 Å². The topological polar surface area (TPSA) is 41.1 Å². The van der Waals surface area contributed by atoms with Crippen molar-refractivity contribution in [2.24, 2.45) is 5.92 Å². The third-order valence-corrected chi connectivity index (χ3v) is 3.81. The maximum Gasteiger partial charge on any atom is 0.228 e. The number of hydrogen-bond donors (Lipinski definition) is 2. The van der Waals surface area contributed by atoms with Crippen molar-refractivity contribution in [2.75, 3.05) is 18.9 Å². The van der Waals surface area contributed by atoms with E-state index >= 15 is 0 Å². The van der Waals surface area contributed by atoms with E-state index in [1.54, 1.807) is 11.3 Å². The number of anilines is 1. The van der Waals surface area contributed by atoms with Gasteiger partial charge in [-0.25, -0.2) is 0 Å². The van der Waals surface area contributed by atoms with Crippen molar-refractivity contribution in [3.05, 3.63) is 41.8 Å². The number of nitrogens with one attached hydrogen (secondary N) is 2. The Morgan fingerprint density at radius 3 is 2.84 bits per heavy atom. The normalized spacial score (nSPS) is 12.1. The van der Waals surface area contributed by atoms with Gasteiger partial charge in [0.15, 0.2) is 0 Å². The van der Waals surface area contributed by atoms with Crippen LogP contribution in [0.4, 0.5) is 5.69 Å². The van der Waals surface area contributed by atoms with E-state index < -0.39 is 0 Å². The lowest BCUT2D eigenvalue weighted by Gasteiger charge is -2.12. The third-order valence-electron chi connectivity index (χ3n) is 2.89. The van der Waals surface area contributed by atoms with Gasteiger partial charge in [0.05, 0.1) is 0 Å². The Morgan fingerprint density at radius 1 is 1.32 bits per heavy atom. The molecule has 0 fully saturated rings. The quantitative estimate of drug-likeness (QED) is 0.879. The maximum atomic E-state index is 12.0. The highest BCUT2D eigenvalue weighted by atomic mass is 32.1. The molecule has 0 radical (unpaired) electrons. The highest BCUT2D eigenvalue weighted by molar-refractivity contribution is 7.13. The van der Waals surface area contributed by atoms with E-state index in [2.05, 4.69) is 28.1 Å². The van der Waals surface area contributed by atoms with Crippen molar-refractivity contribution in [1.29, 1.82) is 0 Å². The van der Waals surface area contributed by atoms with Gasteiger partial charge in [0, 0.05) is 23.0 Å². The zero-order valence-electron chi connectivity index (χ0n) is 11.1. The average molecular weight is 274 g/mol. The lowest BCUT2D eigenvalue weighted by molar-refractivity contribution is -0.119. The number of thiophene rings is 1. The monoisotopic (exact) mass is 274 g/mol. The smallest absolute Gasteiger partial charge is 0.228 e. The number of rotatable bonds is 5. The Balaban J connectivity index is 2.09. The van der Waals surface area contributed by atoms with E-state index in [9.17, 15) is 4.79 Å². The Morgan fingerprint density at radius 2 is 2.16 bits per heavy atom. The van der Waals surface area contributed by atoms with Gasteiger partial charge in [-0.15, -0.1) is 11.3 Å². The molecule has 4 heteroatoms. The van der Waals surface area contributed by atoms with E-state index in [0.717, 1.165) is 11.3 Å². The summed E-state index contributed by atoms with van der Waals surface area (Å²) in [5, 5.41) is 8.01. The van der Waals surface area contributed by atoms with Crippen LogP contribution in [0, 0.1) is 5.92 Å². The molecule has 2 aromatic rings. The Bertz CT molecular complexity index is 537. The molecule has 1 amide bonds. The molecule has 1 unspecified atom stereocenters. The van der Waals surface area contributed by atoms with Crippen LogP contribution in [0.25, 0.3) is 10.4 Å². The maximum absolute atomic E-state index is 12.0. The number of benzene rings is 1. The third kappa shape index (κ3) is 3.66. The predicted molar refractivity (Wildman–Crippen MR) is 81.5 cm³/mol. The molecule has 0 saturated heterocycles. The molecule has 0 saturated carbocycles. The van der Waals surface area contributed by atoms with Crippen LogP contribution in [-0.4, -0.2) is 19.5 Å². The molecule has 1 atom stereocenters. The van der Waals surface area contributed by atoms with Crippen LogP contribution in [0.3, 0.4) is 0 Å². The molecule has 1 aromatic carbocycles. The van der Waals surface area contributed by atoms with Crippen molar-refractivity contribution in [2.45, 2.75) is 6.92 Å². The van der Waals surface area contributed by atoms with Crippen molar-refractivity contribution in [3.63, 3.8) is 0 Å². The lowest BCUT2D eigenvalue weighted by atomic mass is 10.1. The Labute approximate surface area is 117 Å². The summed E-state index contributed by atoms with van der Waals surface area (Å²) in [6.07, 6.45) is 0. The molecule has 100 valence electrons. The molecule has 0 aliphatic heterocycles. The zero-order valence-corrected chi connectivity index (χ0v) is 12.0. The van der Waals surface area contributed by atoms with Crippen molar-refractivity contribution < 1.29 is 4.79 Å². The second kappa shape index (κ2) is 6.50. The molecular formula is C15H18N2OS. The summed E-state index contributed by atoms with van der Waals surface area (Å²) in [5.41, 5.74) is 1.98. The minimum Gasteiger partial charge on any atom is -0.326 e. The van der Waals surface area contributed by atoms with Crippen LogP contribution < -0.4 is 10.6 Å². The first-order valence-corrected chi connectivity index (χ1v) is 7.18. The molecule has 0 bridgehead atoms. The second-order valence-electron chi connectivity index (χ2n) is 4.51. The molecular weight excluding hydrogens is 256 g/mol. The van der Waals surface area contributed by atoms with Gasteiger partial charge in [0.25, 0.3) is 0 Å². The number of carbonyl (C=O) groups excluding carboxylic acids is 1. The molecule has 2 rings (SSSR count). The summed E-state index contributed by atoms with van der Waals surface area (Å²) in [6.45, 7) is 2.59. The van der Waals surface area contributed by atoms with Crippen LogP contribution in [0.15, 0.2) is 41.8 Å².